The number of thioether (sulfide) groups is 1. The van der Waals surface area contributed by atoms with E-state index in [0.29, 0.717) is 22.6 Å². The smallest absolute Gasteiger partial charge is 0.225 e. The number of nitriles is 1. The van der Waals surface area contributed by atoms with Gasteiger partial charge in [-0.05, 0) is 19.1 Å². The van der Waals surface area contributed by atoms with Crippen molar-refractivity contribution in [2.45, 2.75) is 23.9 Å². The van der Waals surface area contributed by atoms with E-state index in [1.807, 2.05) is 12.3 Å². The van der Waals surface area contributed by atoms with E-state index >= 15 is 0 Å². The molecule has 0 aromatic carbocycles. The van der Waals surface area contributed by atoms with Crippen LogP contribution in [0.3, 0.4) is 0 Å². The lowest BCUT2D eigenvalue weighted by Crippen LogP contribution is -2.07. The van der Waals surface area contributed by atoms with Gasteiger partial charge in [-0.3, -0.25) is 0 Å². The molecule has 0 atom stereocenters. The Kier molecular flexibility index (Phi) is 2.98. The molecular formula is C9H9ClN4S. The highest BCUT2D eigenvalue weighted by molar-refractivity contribution is 7.98. The van der Waals surface area contributed by atoms with Crippen LogP contribution < -0.4 is 5.32 Å². The van der Waals surface area contributed by atoms with Gasteiger partial charge in [-0.2, -0.15) is 10.2 Å². The Bertz CT molecular complexity index is 425. The fraction of sp³-hybridized carbons (Fsp3) is 0.444. The third-order valence-corrected chi connectivity index (χ3v) is 3.00. The summed E-state index contributed by atoms with van der Waals surface area (Å²) in [5, 5.41) is 12.9. The summed E-state index contributed by atoms with van der Waals surface area (Å²) in [5.41, 5.74) is 0.352. The fourth-order valence-electron chi connectivity index (χ4n) is 1.13. The zero-order chi connectivity index (χ0) is 10.8. The quantitative estimate of drug-likeness (QED) is 0.649. The van der Waals surface area contributed by atoms with Gasteiger partial charge in [0.1, 0.15) is 16.7 Å². The van der Waals surface area contributed by atoms with Gasteiger partial charge in [-0.25, -0.2) is 4.98 Å². The lowest BCUT2D eigenvalue weighted by Gasteiger charge is -2.06. The van der Waals surface area contributed by atoms with E-state index in [9.17, 15) is 0 Å². The Morgan fingerprint density at radius 2 is 2.27 bits per heavy atom. The van der Waals surface area contributed by atoms with E-state index in [2.05, 4.69) is 15.3 Å². The largest absolute Gasteiger partial charge is 0.351 e. The summed E-state index contributed by atoms with van der Waals surface area (Å²) < 4.78 is 0. The first-order chi connectivity index (χ1) is 7.24. The Labute approximate surface area is 97.1 Å². The zero-order valence-electron chi connectivity index (χ0n) is 8.12. The molecule has 15 heavy (non-hydrogen) atoms. The van der Waals surface area contributed by atoms with Crippen LogP contribution in [0.2, 0.25) is 5.15 Å². The van der Waals surface area contributed by atoms with Crippen LogP contribution in [0.4, 0.5) is 5.95 Å². The Morgan fingerprint density at radius 3 is 2.80 bits per heavy atom. The van der Waals surface area contributed by atoms with Crippen molar-refractivity contribution in [1.29, 1.82) is 5.26 Å². The van der Waals surface area contributed by atoms with Crippen molar-refractivity contribution < 1.29 is 0 Å². The molecule has 1 heterocycles. The maximum atomic E-state index is 8.87. The molecule has 0 radical (unpaired) electrons. The number of nitrogens with one attached hydrogen (secondary N) is 1. The lowest BCUT2D eigenvalue weighted by atomic mass is 10.4. The van der Waals surface area contributed by atoms with E-state index < -0.39 is 0 Å². The van der Waals surface area contributed by atoms with Gasteiger partial charge in [0.15, 0.2) is 5.15 Å². The van der Waals surface area contributed by atoms with Crippen LogP contribution in [0, 0.1) is 11.3 Å². The van der Waals surface area contributed by atoms with E-state index in [-0.39, 0.29) is 5.15 Å². The molecule has 1 aliphatic rings. The molecule has 2 rings (SSSR count). The lowest BCUT2D eigenvalue weighted by molar-refractivity contribution is 0.988. The molecule has 0 spiro atoms. The highest BCUT2D eigenvalue weighted by Crippen LogP contribution is 2.27. The molecule has 1 aliphatic carbocycles. The van der Waals surface area contributed by atoms with Crippen molar-refractivity contribution in [2.75, 3.05) is 11.6 Å². The van der Waals surface area contributed by atoms with Crippen molar-refractivity contribution in [2.24, 2.45) is 0 Å². The third kappa shape index (κ3) is 2.33. The first-order valence-electron chi connectivity index (χ1n) is 4.52. The van der Waals surface area contributed by atoms with Crippen LogP contribution in [-0.4, -0.2) is 22.3 Å². The van der Waals surface area contributed by atoms with Gasteiger partial charge >= 0.3 is 0 Å². The molecule has 0 saturated heterocycles. The van der Waals surface area contributed by atoms with E-state index in [1.54, 1.807) is 0 Å². The van der Waals surface area contributed by atoms with Gasteiger partial charge in [0.2, 0.25) is 5.95 Å². The minimum absolute atomic E-state index is 0.222. The van der Waals surface area contributed by atoms with Gasteiger partial charge in [0.05, 0.1) is 0 Å². The fourth-order valence-corrected chi connectivity index (χ4v) is 1.92. The monoisotopic (exact) mass is 240 g/mol. The number of halogens is 1. The standard InChI is InChI=1S/C9H9ClN4S/c1-15-8-6(4-11)7(10)13-9(14-8)12-5-2-3-5/h5H,2-3H2,1H3,(H,12,13,14). The average Bonchev–Trinajstić information content (AvgIpc) is 3.00. The van der Waals surface area contributed by atoms with Crippen molar-refractivity contribution in [1.82, 2.24) is 9.97 Å². The summed E-state index contributed by atoms with van der Waals surface area (Å²) in [7, 11) is 0. The van der Waals surface area contributed by atoms with Crippen LogP contribution >= 0.6 is 23.4 Å². The molecular weight excluding hydrogens is 232 g/mol. The number of anilines is 1. The number of hydrogen-bond acceptors (Lipinski definition) is 5. The highest BCUT2D eigenvalue weighted by Gasteiger charge is 2.23. The van der Waals surface area contributed by atoms with Gasteiger partial charge in [0, 0.05) is 6.04 Å². The SMILES string of the molecule is CSc1nc(NC2CC2)nc(Cl)c1C#N. The summed E-state index contributed by atoms with van der Waals surface area (Å²) in [6.07, 6.45) is 4.16. The molecule has 1 saturated carbocycles. The minimum atomic E-state index is 0.222. The first kappa shape index (κ1) is 10.5. The van der Waals surface area contributed by atoms with Crippen LogP contribution in [0.5, 0.6) is 0 Å². The summed E-state index contributed by atoms with van der Waals surface area (Å²) >= 11 is 7.29. The maximum Gasteiger partial charge on any atom is 0.225 e. The third-order valence-electron chi connectivity index (χ3n) is 2.05. The molecule has 0 unspecified atom stereocenters. The van der Waals surface area contributed by atoms with Crippen LogP contribution in [-0.2, 0) is 0 Å². The minimum Gasteiger partial charge on any atom is -0.351 e. The van der Waals surface area contributed by atoms with Gasteiger partial charge in [-0.15, -0.1) is 11.8 Å². The predicted molar refractivity (Wildman–Crippen MR) is 60.2 cm³/mol. The molecule has 0 amide bonds. The van der Waals surface area contributed by atoms with Gasteiger partial charge in [-0.1, -0.05) is 11.6 Å². The zero-order valence-corrected chi connectivity index (χ0v) is 9.69. The van der Waals surface area contributed by atoms with Crippen LogP contribution in [0.25, 0.3) is 0 Å². The second kappa shape index (κ2) is 4.25. The molecule has 4 nitrogen and oxygen atoms in total. The van der Waals surface area contributed by atoms with Gasteiger partial charge in [0.25, 0.3) is 0 Å². The van der Waals surface area contributed by atoms with Crippen LogP contribution in [0.1, 0.15) is 18.4 Å². The normalized spacial score (nSPS) is 14.7. The Hall–Kier alpha value is -0.990. The van der Waals surface area contributed by atoms with Crippen molar-refractivity contribution in [3.8, 4) is 6.07 Å². The summed E-state index contributed by atoms with van der Waals surface area (Å²) in [6, 6.07) is 2.48. The molecule has 1 N–H and O–H groups in total. The molecule has 0 bridgehead atoms. The topological polar surface area (TPSA) is 61.6 Å². The van der Waals surface area contributed by atoms with E-state index in [4.69, 9.17) is 16.9 Å². The Morgan fingerprint density at radius 1 is 1.53 bits per heavy atom. The van der Waals surface area contributed by atoms with E-state index in [0.717, 1.165) is 12.8 Å². The summed E-state index contributed by atoms with van der Waals surface area (Å²) in [4.78, 5) is 8.28. The highest BCUT2D eigenvalue weighted by atomic mass is 35.5. The average molecular weight is 241 g/mol. The second-order valence-electron chi connectivity index (χ2n) is 3.25. The first-order valence-corrected chi connectivity index (χ1v) is 6.13. The molecule has 1 aromatic heterocycles. The molecule has 78 valence electrons. The van der Waals surface area contributed by atoms with E-state index in [1.165, 1.54) is 11.8 Å². The summed E-state index contributed by atoms with van der Waals surface area (Å²) in [5.74, 6) is 0.519. The molecule has 1 fully saturated rings. The Balaban J connectivity index is 2.33. The van der Waals surface area contributed by atoms with Crippen molar-refractivity contribution in [3.05, 3.63) is 10.7 Å². The van der Waals surface area contributed by atoms with Crippen LogP contribution in [0.15, 0.2) is 5.03 Å². The molecule has 1 aromatic rings. The number of hydrogen-bond donors (Lipinski definition) is 1. The van der Waals surface area contributed by atoms with Crippen molar-refractivity contribution >= 4 is 29.3 Å². The number of nitrogens with zero attached hydrogens (tertiary/aromatic N) is 3. The number of aromatic nitrogens is 2. The predicted octanol–water partition coefficient (Wildman–Crippen LogP) is 2.30. The van der Waals surface area contributed by atoms with Crippen molar-refractivity contribution in [3.63, 3.8) is 0 Å². The number of rotatable bonds is 3. The molecule has 6 heteroatoms. The van der Waals surface area contributed by atoms with Gasteiger partial charge < -0.3 is 5.32 Å². The maximum absolute atomic E-state index is 8.87. The second-order valence-corrected chi connectivity index (χ2v) is 4.41. The summed E-state index contributed by atoms with van der Waals surface area (Å²) in [6.45, 7) is 0. The molecule has 0 aliphatic heterocycles.